The van der Waals surface area contributed by atoms with E-state index in [4.69, 9.17) is 9.26 Å². The first-order valence-electron chi connectivity index (χ1n) is 9.79. The van der Waals surface area contributed by atoms with Gasteiger partial charge in [0.15, 0.2) is 0 Å². The van der Waals surface area contributed by atoms with Crippen LogP contribution >= 0.6 is 0 Å². The molecule has 0 radical (unpaired) electrons. The summed E-state index contributed by atoms with van der Waals surface area (Å²) in [5, 5.41) is 4.09. The van der Waals surface area contributed by atoms with Gasteiger partial charge in [-0.2, -0.15) is 4.98 Å². The number of pyridine rings is 1. The van der Waals surface area contributed by atoms with Crippen molar-refractivity contribution in [2.75, 3.05) is 20.2 Å². The number of aromatic nitrogens is 3. The van der Waals surface area contributed by atoms with Crippen molar-refractivity contribution in [3.05, 3.63) is 60.2 Å². The molecule has 0 bridgehead atoms. The third kappa shape index (κ3) is 4.13. The van der Waals surface area contributed by atoms with Crippen LogP contribution in [0, 0.1) is 5.92 Å². The molecule has 0 saturated carbocycles. The van der Waals surface area contributed by atoms with Crippen LogP contribution in [0.5, 0.6) is 5.75 Å². The molecule has 1 amide bonds. The van der Waals surface area contributed by atoms with Gasteiger partial charge in [0, 0.05) is 37.5 Å². The normalized spacial score (nSPS) is 18.8. The molecule has 1 fully saturated rings. The van der Waals surface area contributed by atoms with Gasteiger partial charge in [-0.15, -0.1) is 0 Å². The van der Waals surface area contributed by atoms with E-state index in [0.29, 0.717) is 37.6 Å². The summed E-state index contributed by atoms with van der Waals surface area (Å²) in [7, 11) is 1.65. The summed E-state index contributed by atoms with van der Waals surface area (Å²) in [5.41, 5.74) is 1.86. The van der Waals surface area contributed by atoms with E-state index in [9.17, 15) is 4.79 Å². The Hall–Kier alpha value is -3.22. The van der Waals surface area contributed by atoms with Crippen LogP contribution in [-0.4, -0.2) is 46.1 Å². The van der Waals surface area contributed by atoms with Crippen molar-refractivity contribution in [3.63, 3.8) is 0 Å². The fraction of sp³-hybridized carbons (Fsp3) is 0.364. The molecule has 1 aliphatic heterocycles. The lowest BCUT2D eigenvalue weighted by Crippen LogP contribution is -2.29. The van der Waals surface area contributed by atoms with E-state index in [1.54, 1.807) is 19.5 Å². The zero-order valence-corrected chi connectivity index (χ0v) is 16.6. The van der Waals surface area contributed by atoms with Crippen LogP contribution in [0.1, 0.15) is 30.7 Å². The van der Waals surface area contributed by atoms with Gasteiger partial charge < -0.3 is 14.2 Å². The number of hydrogen-bond acceptors (Lipinski definition) is 6. The maximum Gasteiger partial charge on any atom is 0.232 e. The number of ether oxygens (including phenoxy) is 1. The first-order chi connectivity index (χ1) is 14.2. The lowest BCUT2D eigenvalue weighted by molar-refractivity contribution is -0.130. The molecule has 2 unspecified atom stereocenters. The predicted molar refractivity (Wildman–Crippen MR) is 107 cm³/mol. The van der Waals surface area contributed by atoms with Crippen molar-refractivity contribution in [1.29, 1.82) is 0 Å². The number of amides is 1. The van der Waals surface area contributed by atoms with Gasteiger partial charge in [0.2, 0.25) is 17.6 Å². The summed E-state index contributed by atoms with van der Waals surface area (Å²) in [6.45, 7) is 3.41. The van der Waals surface area contributed by atoms with Crippen LogP contribution in [0.4, 0.5) is 0 Å². The summed E-state index contributed by atoms with van der Waals surface area (Å²) in [6, 6.07) is 11.6. The largest absolute Gasteiger partial charge is 0.496 e. The topological polar surface area (TPSA) is 81.4 Å². The summed E-state index contributed by atoms with van der Waals surface area (Å²) in [5.74, 6) is 2.37. The van der Waals surface area contributed by atoms with Gasteiger partial charge in [-0.25, -0.2) is 0 Å². The van der Waals surface area contributed by atoms with Crippen molar-refractivity contribution in [2.45, 2.75) is 25.7 Å². The second-order valence-electron chi connectivity index (χ2n) is 7.39. The van der Waals surface area contributed by atoms with E-state index in [1.807, 2.05) is 41.3 Å². The molecule has 0 aliphatic carbocycles. The average molecular weight is 392 g/mol. The van der Waals surface area contributed by atoms with E-state index >= 15 is 0 Å². The van der Waals surface area contributed by atoms with E-state index in [-0.39, 0.29) is 17.7 Å². The number of hydrogen-bond donors (Lipinski definition) is 0. The highest BCUT2D eigenvalue weighted by Crippen LogP contribution is 2.33. The molecule has 3 heterocycles. The molecule has 2 aromatic heterocycles. The molecule has 0 N–H and O–H groups in total. The van der Waals surface area contributed by atoms with Gasteiger partial charge in [0.05, 0.1) is 13.0 Å². The Kier molecular flexibility index (Phi) is 5.55. The van der Waals surface area contributed by atoms with Gasteiger partial charge in [-0.1, -0.05) is 30.3 Å². The number of nitrogens with zero attached hydrogens (tertiary/aromatic N) is 4. The van der Waals surface area contributed by atoms with E-state index in [2.05, 4.69) is 22.0 Å². The molecule has 29 heavy (non-hydrogen) atoms. The summed E-state index contributed by atoms with van der Waals surface area (Å²) < 4.78 is 10.9. The number of carbonyl (C=O) groups excluding carboxylic acids is 1. The number of aryl methyl sites for hydroxylation is 1. The smallest absolute Gasteiger partial charge is 0.232 e. The average Bonchev–Trinajstić information content (AvgIpc) is 3.39. The van der Waals surface area contributed by atoms with E-state index < -0.39 is 0 Å². The number of carbonyl (C=O) groups is 1. The summed E-state index contributed by atoms with van der Waals surface area (Å²) in [4.78, 5) is 23.3. The minimum Gasteiger partial charge on any atom is -0.496 e. The molecule has 4 rings (SSSR count). The van der Waals surface area contributed by atoms with Gasteiger partial charge in [0.1, 0.15) is 5.75 Å². The highest BCUT2D eigenvalue weighted by molar-refractivity contribution is 5.77. The second kappa shape index (κ2) is 8.43. The van der Waals surface area contributed by atoms with Crippen molar-refractivity contribution in [1.82, 2.24) is 20.0 Å². The molecule has 3 aromatic rings. The number of rotatable bonds is 6. The lowest BCUT2D eigenvalue weighted by Gasteiger charge is -2.16. The van der Waals surface area contributed by atoms with Crippen LogP contribution < -0.4 is 4.74 Å². The molecular weight excluding hydrogens is 368 g/mol. The fourth-order valence-corrected chi connectivity index (χ4v) is 3.80. The Balaban J connectivity index is 1.39. The van der Waals surface area contributed by atoms with E-state index in [0.717, 1.165) is 16.9 Å². The third-order valence-electron chi connectivity index (χ3n) is 5.44. The van der Waals surface area contributed by atoms with Crippen molar-refractivity contribution in [3.8, 4) is 17.1 Å². The Bertz CT molecular complexity index is 973. The maximum absolute atomic E-state index is 12.8. The molecule has 1 aromatic carbocycles. The molecule has 0 spiro atoms. The monoisotopic (exact) mass is 392 g/mol. The number of methoxy groups -OCH3 is 1. The highest BCUT2D eigenvalue weighted by Gasteiger charge is 2.36. The Morgan fingerprint density at radius 3 is 2.90 bits per heavy atom. The predicted octanol–water partition coefficient (Wildman–Crippen LogP) is 3.33. The standard InChI is InChI=1S/C22H24N4O3/c1-15-13-26(20(27)10-9-16-6-3-4-8-19(16)28-2)14-18(15)22-24-21(25-29-22)17-7-5-11-23-12-17/h3-8,11-12,15,18H,9-10,13-14H2,1-2H3. The minimum absolute atomic E-state index is 0.0446. The Morgan fingerprint density at radius 1 is 1.24 bits per heavy atom. The lowest BCUT2D eigenvalue weighted by atomic mass is 9.98. The maximum atomic E-state index is 12.8. The van der Waals surface area contributed by atoms with Crippen LogP contribution in [0.25, 0.3) is 11.4 Å². The van der Waals surface area contributed by atoms with Gasteiger partial charge in [-0.05, 0) is 36.1 Å². The molecule has 7 heteroatoms. The molecule has 1 aliphatic rings. The second-order valence-corrected chi connectivity index (χ2v) is 7.39. The SMILES string of the molecule is COc1ccccc1CCC(=O)N1CC(C)C(c2nc(-c3cccnc3)no2)C1. The fourth-order valence-electron chi connectivity index (χ4n) is 3.80. The first-order valence-corrected chi connectivity index (χ1v) is 9.79. The van der Waals surface area contributed by atoms with Crippen molar-refractivity contribution >= 4 is 5.91 Å². The van der Waals surface area contributed by atoms with Gasteiger partial charge >= 0.3 is 0 Å². The van der Waals surface area contributed by atoms with Crippen LogP contribution in [0.15, 0.2) is 53.3 Å². The number of benzene rings is 1. The number of para-hydroxylation sites is 1. The van der Waals surface area contributed by atoms with Crippen molar-refractivity contribution < 1.29 is 14.1 Å². The van der Waals surface area contributed by atoms with Crippen LogP contribution in [0.3, 0.4) is 0 Å². The summed E-state index contributed by atoms with van der Waals surface area (Å²) in [6.07, 6.45) is 4.52. The zero-order valence-electron chi connectivity index (χ0n) is 16.6. The summed E-state index contributed by atoms with van der Waals surface area (Å²) >= 11 is 0. The van der Waals surface area contributed by atoms with Crippen LogP contribution in [-0.2, 0) is 11.2 Å². The zero-order chi connectivity index (χ0) is 20.2. The molecule has 1 saturated heterocycles. The first kappa shape index (κ1) is 19.1. The Labute approximate surface area is 169 Å². The molecule has 7 nitrogen and oxygen atoms in total. The quantitative estimate of drug-likeness (QED) is 0.640. The Morgan fingerprint density at radius 2 is 2.10 bits per heavy atom. The minimum atomic E-state index is 0.0446. The van der Waals surface area contributed by atoms with Gasteiger partial charge in [-0.3, -0.25) is 9.78 Å². The van der Waals surface area contributed by atoms with Gasteiger partial charge in [0.25, 0.3) is 0 Å². The number of likely N-dealkylation sites (tertiary alicyclic amines) is 1. The van der Waals surface area contributed by atoms with Crippen LogP contribution in [0.2, 0.25) is 0 Å². The molecular formula is C22H24N4O3. The molecule has 2 atom stereocenters. The highest BCUT2D eigenvalue weighted by atomic mass is 16.5. The van der Waals surface area contributed by atoms with Crippen molar-refractivity contribution in [2.24, 2.45) is 5.92 Å². The third-order valence-corrected chi connectivity index (χ3v) is 5.44. The van der Waals surface area contributed by atoms with E-state index in [1.165, 1.54) is 0 Å². The molecule has 150 valence electrons.